The van der Waals surface area contributed by atoms with Crippen LogP contribution in [0.3, 0.4) is 0 Å². The molecule has 0 spiro atoms. The molecule has 2 amide bonds. The minimum atomic E-state index is -0.496. The van der Waals surface area contributed by atoms with Crippen LogP contribution in [-0.4, -0.2) is 54.6 Å². The van der Waals surface area contributed by atoms with Crippen molar-refractivity contribution in [1.82, 2.24) is 0 Å². The molecule has 40 heavy (non-hydrogen) atoms. The van der Waals surface area contributed by atoms with Gasteiger partial charge in [0.05, 0.1) is 12.7 Å². The highest BCUT2D eigenvalue weighted by Crippen LogP contribution is 2.25. The van der Waals surface area contributed by atoms with Crippen molar-refractivity contribution in [3.63, 3.8) is 0 Å². The minimum absolute atomic E-state index is 0.0849. The quantitative estimate of drug-likeness (QED) is 0.283. The molecule has 3 aromatic rings. The zero-order valence-electron chi connectivity index (χ0n) is 22.1. The summed E-state index contributed by atoms with van der Waals surface area (Å²) in [5.41, 5.74) is 10.9. The van der Waals surface area contributed by atoms with Crippen LogP contribution in [0.4, 0.5) is 11.4 Å². The highest BCUT2D eigenvalue weighted by Gasteiger charge is 2.29. The van der Waals surface area contributed by atoms with Gasteiger partial charge in [-0.25, -0.2) is 4.79 Å². The fourth-order valence-corrected chi connectivity index (χ4v) is 5.15. The van der Waals surface area contributed by atoms with Crippen molar-refractivity contribution >= 4 is 52.3 Å². The monoisotopic (exact) mass is 557 g/mol. The largest absolute Gasteiger partial charge is 0.465 e. The maximum absolute atomic E-state index is 12.0. The summed E-state index contributed by atoms with van der Waals surface area (Å²) < 4.78 is 4.65. The van der Waals surface area contributed by atoms with Crippen LogP contribution in [-0.2, 0) is 14.3 Å². The number of benzene rings is 3. The molecular formula is C30H31N5O4S. The van der Waals surface area contributed by atoms with E-state index in [-0.39, 0.29) is 29.4 Å². The van der Waals surface area contributed by atoms with Crippen LogP contribution >= 0.6 is 11.8 Å². The highest BCUT2D eigenvalue weighted by atomic mass is 32.2. The number of amides is 2. The minimum Gasteiger partial charge on any atom is -0.465 e. The fourth-order valence-electron chi connectivity index (χ4n) is 4.33. The number of hydrogen-bond donors (Lipinski definition) is 3. The molecule has 2 heterocycles. The van der Waals surface area contributed by atoms with Crippen LogP contribution in [0, 0.1) is 5.41 Å². The predicted octanol–water partition coefficient (Wildman–Crippen LogP) is 4.71. The number of thioether (sulfide) groups is 1. The lowest BCUT2D eigenvalue weighted by Crippen LogP contribution is -2.21. The van der Waals surface area contributed by atoms with Gasteiger partial charge in [-0.15, -0.1) is 0 Å². The van der Waals surface area contributed by atoms with Crippen molar-refractivity contribution < 1.29 is 19.1 Å². The Hall–Kier alpha value is -4.44. The Morgan fingerprint density at radius 1 is 1.02 bits per heavy atom. The van der Waals surface area contributed by atoms with Gasteiger partial charge in [-0.1, -0.05) is 48.2 Å². The summed E-state index contributed by atoms with van der Waals surface area (Å²) in [4.78, 5) is 40.7. The lowest BCUT2D eigenvalue weighted by atomic mass is 10.0. The van der Waals surface area contributed by atoms with Crippen LogP contribution in [0.1, 0.15) is 35.2 Å². The molecule has 1 saturated heterocycles. The standard InChI is InChI=1S/C15H18N4O2S.C15H13NO2/c16-15-18-14(21)12(22-15)9-13(20)17-10-3-5-11(6-4-10)19-7-1-2-8-19;1-18-15(17)14-8-6-13(7-9-14)12-4-2-11(10-16)3-5-12/h3-6,12H,1-2,7-9H2,(H,17,20)(H2,16,18,21);2-10,16H,1H3. The molecule has 1 unspecified atom stereocenters. The average molecular weight is 558 g/mol. The van der Waals surface area contributed by atoms with E-state index in [1.54, 1.807) is 12.1 Å². The number of nitrogens with zero attached hydrogens (tertiary/aromatic N) is 2. The van der Waals surface area contributed by atoms with Crippen molar-refractivity contribution in [2.45, 2.75) is 24.5 Å². The number of hydrogen-bond acceptors (Lipinski definition) is 8. The summed E-state index contributed by atoms with van der Waals surface area (Å²) >= 11 is 1.14. The van der Waals surface area contributed by atoms with E-state index in [1.165, 1.54) is 31.9 Å². The second kappa shape index (κ2) is 13.6. The van der Waals surface area contributed by atoms with E-state index in [2.05, 4.69) is 19.9 Å². The molecule has 206 valence electrons. The molecule has 0 saturated carbocycles. The van der Waals surface area contributed by atoms with Crippen LogP contribution in [0.2, 0.25) is 0 Å². The second-order valence-corrected chi connectivity index (χ2v) is 10.4. The molecule has 9 nitrogen and oxygen atoms in total. The van der Waals surface area contributed by atoms with Gasteiger partial charge >= 0.3 is 5.97 Å². The van der Waals surface area contributed by atoms with Crippen LogP contribution in [0.15, 0.2) is 77.8 Å². The summed E-state index contributed by atoms with van der Waals surface area (Å²) in [5.74, 6) is -0.868. The Balaban J connectivity index is 0.000000189. The fraction of sp³-hybridized carbons (Fsp3) is 0.233. The van der Waals surface area contributed by atoms with Gasteiger partial charge < -0.3 is 26.1 Å². The van der Waals surface area contributed by atoms with Crippen LogP contribution < -0.4 is 16.0 Å². The Bertz CT molecular complexity index is 1380. The summed E-state index contributed by atoms with van der Waals surface area (Å²) in [6, 6.07) is 22.7. The number of esters is 1. The van der Waals surface area contributed by atoms with Crippen LogP contribution in [0.5, 0.6) is 0 Å². The molecule has 1 atom stereocenters. The van der Waals surface area contributed by atoms with E-state index in [9.17, 15) is 14.4 Å². The van der Waals surface area contributed by atoms with Gasteiger partial charge in [-0.2, -0.15) is 4.99 Å². The zero-order chi connectivity index (χ0) is 28.5. The first-order valence-corrected chi connectivity index (χ1v) is 13.7. The van der Waals surface area contributed by atoms with E-state index in [0.29, 0.717) is 5.56 Å². The molecule has 2 aliphatic rings. The number of aliphatic imine (C=N–C) groups is 1. The van der Waals surface area contributed by atoms with Crippen molar-refractivity contribution in [2.75, 3.05) is 30.4 Å². The summed E-state index contributed by atoms with van der Waals surface area (Å²) in [6.45, 7) is 2.18. The first kappa shape index (κ1) is 28.6. The van der Waals surface area contributed by atoms with E-state index in [0.717, 1.165) is 47.2 Å². The molecule has 3 aromatic carbocycles. The third kappa shape index (κ3) is 7.57. The molecular weight excluding hydrogens is 526 g/mol. The van der Waals surface area contributed by atoms with Gasteiger partial charge in [0.2, 0.25) is 5.91 Å². The maximum atomic E-state index is 12.0. The number of anilines is 2. The first-order valence-electron chi connectivity index (χ1n) is 12.8. The Morgan fingerprint density at radius 2 is 1.62 bits per heavy atom. The van der Waals surface area contributed by atoms with Gasteiger partial charge in [0.25, 0.3) is 5.91 Å². The Morgan fingerprint density at radius 3 is 2.15 bits per heavy atom. The van der Waals surface area contributed by atoms with E-state index < -0.39 is 5.25 Å². The predicted molar refractivity (Wildman–Crippen MR) is 160 cm³/mol. The van der Waals surface area contributed by atoms with E-state index in [1.807, 2.05) is 60.7 Å². The first-order chi connectivity index (χ1) is 19.4. The normalized spacial score (nSPS) is 16.0. The SMILES string of the molecule is COC(=O)c1ccc(-c2ccc(C=N)cc2)cc1.NC1=NC(=O)C(CC(=O)Nc2ccc(N3CCCC3)cc2)S1. The number of rotatable bonds is 7. The molecule has 0 bridgehead atoms. The second-order valence-electron chi connectivity index (χ2n) is 9.22. The number of amidine groups is 1. The van der Waals surface area contributed by atoms with Crippen molar-refractivity contribution in [1.29, 1.82) is 5.41 Å². The highest BCUT2D eigenvalue weighted by molar-refractivity contribution is 8.15. The summed E-state index contributed by atoms with van der Waals surface area (Å²) in [7, 11) is 1.37. The average Bonchev–Trinajstić information content (AvgIpc) is 3.63. The molecule has 0 radical (unpaired) electrons. The number of ether oxygens (including phenoxy) is 1. The lowest BCUT2D eigenvalue weighted by molar-refractivity contribution is -0.121. The molecule has 5 rings (SSSR count). The van der Waals surface area contributed by atoms with E-state index in [4.69, 9.17) is 11.1 Å². The third-order valence-electron chi connectivity index (χ3n) is 6.47. The summed E-state index contributed by atoms with van der Waals surface area (Å²) in [5, 5.41) is 9.68. The van der Waals surface area contributed by atoms with E-state index >= 15 is 0 Å². The van der Waals surface area contributed by atoms with Gasteiger partial charge in [0.1, 0.15) is 5.25 Å². The smallest absolute Gasteiger partial charge is 0.337 e. The van der Waals surface area contributed by atoms with Gasteiger partial charge in [0.15, 0.2) is 5.17 Å². The summed E-state index contributed by atoms with van der Waals surface area (Å²) in [6.07, 6.45) is 3.86. The zero-order valence-corrected chi connectivity index (χ0v) is 22.9. The Kier molecular flexibility index (Phi) is 9.69. The molecule has 10 heteroatoms. The number of nitrogens with two attached hydrogens (primary N) is 1. The number of nitrogens with one attached hydrogen (secondary N) is 2. The number of carbonyl (C=O) groups excluding carboxylic acids is 3. The van der Waals surface area contributed by atoms with Crippen molar-refractivity contribution in [3.8, 4) is 11.1 Å². The molecule has 0 aromatic heterocycles. The van der Waals surface area contributed by atoms with Crippen molar-refractivity contribution in [2.24, 2.45) is 10.7 Å². The third-order valence-corrected chi connectivity index (χ3v) is 7.45. The number of methoxy groups -OCH3 is 1. The number of carbonyl (C=O) groups is 3. The molecule has 0 aliphatic carbocycles. The van der Waals surface area contributed by atoms with Crippen molar-refractivity contribution in [3.05, 3.63) is 83.9 Å². The van der Waals surface area contributed by atoms with Gasteiger partial charge in [-0.05, 0) is 65.9 Å². The molecule has 2 aliphatic heterocycles. The molecule has 1 fully saturated rings. The lowest BCUT2D eigenvalue weighted by Gasteiger charge is -2.17. The topological polar surface area (TPSA) is 138 Å². The molecule has 4 N–H and O–H groups in total. The van der Waals surface area contributed by atoms with Gasteiger partial charge in [0, 0.05) is 37.1 Å². The van der Waals surface area contributed by atoms with Crippen LogP contribution in [0.25, 0.3) is 11.1 Å². The van der Waals surface area contributed by atoms with Gasteiger partial charge in [-0.3, -0.25) is 9.59 Å². The Labute approximate surface area is 237 Å². The maximum Gasteiger partial charge on any atom is 0.337 e.